The molecule has 0 aromatic heterocycles. The lowest BCUT2D eigenvalue weighted by atomic mass is 9.96. The monoisotopic (exact) mass is 311 g/mol. The fraction of sp³-hybridized carbons (Fsp3) is 0.350. The summed E-state index contributed by atoms with van der Waals surface area (Å²) in [6, 6.07) is 16.1. The number of carbonyl (C=O) groups excluding carboxylic acids is 1. The summed E-state index contributed by atoms with van der Waals surface area (Å²) in [7, 11) is 1.67. The van der Waals surface area contributed by atoms with E-state index in [0.717, 1.165) is 22.4 Å². The normalized spacial score (nSPS) is 12.0. The number of carbonyl (C=O) groups is 1. The van der Waals surface area contributed by atoms with Gasteiger partial charge in [-0.2, -0.15) is 0 Å². The first-order valence-corrected chi connectivity index (χ1v) is 8.03. The van der Waals surface area contributed by atoms with Gasteiger partial charge in [-0.25, -0.2) is 0 Å². The van der Waals surface area contributed by atoms with Crippen LogP contribution in [-0.2, 0) is 4.79 Å². The fourth-order valence-corrected chi connectivity index (χ4v) is 2.38. The smallest absolute Gasteiger partial charge is 0.227 e. The molecule has 0 unspecified atom stereocenters. The van der Waals surface area contributed by atoms with Crippen LogP contribution < -0.4 is 10.1 Å². The van der Waals surface area contributed by atoms with Crippen LogP contribution in [0.1, 0.15) is 32.3 Å². The predicted octanol–water partition coefficient (Wildman–Crippen LogP) is 4.24. The van der Waals surface area contributed by atoms with Crippen LogP contribution >= 0.6 is 0 Å². The van der Waals surface area contributed by atoms with Gasteiger partial charge in [0.15, 0.2) is 0 Å². The van der Waals surface area contributed by atoms with Gasteiger partial charge >= 0.3 is 0 Å². The van der Waals surface area contributed by atoms with E-state index < -0.39 is 0 Å². The number of methoxy groups -OCH3 is 1. The Morgan fingerprint density at radius 1 is 1.04 bits per heavy atom. The molecule has 0 aliphatic rings. The van der Waals surface area contributed by atoms with E-state index in [9.17, 15) is 4.79 Å². The highest BCUT2D eigenvalue weighted by Crippen LogP contribution is 2.25. The van der Waals surface area contributed by atoms with E-state index in [1.54, 1.807) is 7.11 Å². The molecule has 23 heavy (non-hydrogen) atoms. The minimum absolute atomic E-state index is 0.0767. The lowest BCUT2D eigenvalue weighted by Gasteiger charge is -2.14. The van der Waals surface area contributed by atoms with Gasteiger partial charge in [-0.15, -0.1) is 0 Å². The quantitative estimate of drug-likeness (QED) is 0.866. The fourth-order valence-electron chi connectivity index (χ4n) is 2.38. The predicted molar refractivity (Wildman–Crippen MR) is 94.7 cm³/mol. The summed E-state index contributed by atoms with van der Waals surface area (Å²) < 4.78 is 5.26. The highest BCUT2D eigenvalue weighted by atomic mass is 16.5. The molecule has 3 nitrogen and oxygen atoms in total. The zero-order valence-electron chi connectivity index (χ0n) is 14.3. The Morgan fingerprint density at radius 3 is 2.35 bits per heavy atom. The number of ether oxygens (including phenoxy) is 1. The molecule has 1 amide bonds. The van der Waals surface area contributed by atoms with Crippen LogP contribution in [0.25, 0.3) is 11.1 Å². The molecule has 1 atom stereocenters. The van der Waals surface area contributed by atoms with Crippen LogP contribution in [0, 0.1) is 5.92 Å². The van der Waals surface area contributed by atoms with Gasteiger partial charge in [-0.3, -0.25) is 4.79 Å². The van der Waals surface area contributed by atoms with Gasteiger partial charge in [0.25, 0.3) is 0 Å². The number of nitrogens with one attached hydrogen (secondary N) is 1. The second kappa shape index (κ2) is 7.82. The van der Waals surface area contributed by atoms with Gasteiger partial charge in [0.2, 0.25) is 5.91 Å². The molecule has 0 heterocycles. The summed E-state index contributed by atoms with van der Waals surface area (Å²) in [5, 5.41) is 2.99. The third-order valence-corrected chi connectivity index (χ3v) is 3.89. The molecule has 0 fully saturated rings. The van der Waals surface area contributed by atoms with Crippen LogP contribution in [0.5, 0.6) is 5.75 Å². The van der Waals surface area contributed by atoms with Gasteiger partial charge < -0.3 is 10.1 Å². The molecular weight excluding hydrogens is 286 g/mol. The Balaban J connectivity index is 2.10. The molecule has 3 heteroatoms. The lowest BCUT2D eigenvalue weighted by molar-refractivity contribution is -0.122. The maximum Gasteiger partial charge on any atom is 0.227 e. The molecule has 0 radical (unpaired) electrons. The highest BCUT2D eigenvalue weighted by molar-refractivity contribution is 5.83. The van der Waals surface area contributed by atoms with Crippen LogP contribution in [-0.4, -0.2) is 19.6 Å². The van der Waals surface area contributed by atoms with E-state index in [0.29, 0.717) is 12.5 Å². The molecule has 0 saturated heterocycles. The van der Waals surface area contributed by atoms with Gasteiger partial charge in [-0.05, 0) is 41.7 Å². The second-order valence-electron chi connectivity index (χ2n) is 6.21. The van der Waals surface area contributed by atoms with Crippen LogP contribution in [0.15, 0.2) is 48.5 Å². The number of hydrogen-bond acceptors (Lipinski definition) is 2. The van der Waals surface area contributed by atoms with Crippen molar-refractivity contribution in [3.8, 4) is 16.9 Å². The van der Waals surface area contributed by atoms with E-state index in [2.05, 4.69) is 37.4 Å². The van der Waals surface area contributed by atoms with Crippen molar-refractivity contribution in [1.82, 2.24) is 5.32 Å². The van der Waals surface area contributed by atoms with Crippen molar-refractivity contribution in [3.63, 3.8) is 0 Å². The number of benzene rings is 2. The number of rotatable bonds is 6. The highest BCUT2D eigenvalue weighted by Gasteiger charge is 2.15. The lowest BCUT2D eigenvalue weighted by Crippen LogP contribution is -2.31. The molecular formula is C20H25NO2. The molecule has 0 aliphatic heterocycles. The first-order valence-electron chi connectivity index (χ1n) is 8.03. The first-order chi connectivity index (χ1) is 11.0. The Bertz CT molecular complexity index is 647. The standard InChI is InChI=1S/C20H25NO2/c1-14(2)13-21-20(22)15(3)16-8-10-17(11-9-16)18-6-5-7-19(12-18)23-4/h5-12,14-15H,13H2,1-4H3,(H,21,22)/t15-/m0/s1. The molecule has 2 rings (SSSR count). The van der Waals surface area contributed by atoms with E-state index in [1.165, 1.54) is 0 Å². The maximum atomic E-state index is 12.2. The third kappa shape index (κ3) is 4.59. The zero-order chi connectivity index (χ0) is 16.8. The number of hydrogen-bond donors (Lipinski definition) is 1. The summed E-state index contributed by atoms with van der Waals surface area (Å²) in [5.74, 6) is 1.23. The minimum atomic E-state index is -0.145. The first kappa shape index (κ1) is 17.1. The molecule has 1 N–H and O–H groups in total. The van der Waals surface area contributed by atoms with Gasteiger partial charge in [0.1, 0.15) is 5.75 Å². The van der Waals surface area contributed by atoms with Crippen molar-refractivity contribution in [2.24, 2.45) is 5.92 Å². The average molecular weight is 311 g/mol. The van der Waals surface area contributed by atoms with E-state index >= 15 is 0 Å². The summed E-state index contributed by atoms with van der Waals surface area (Å²) in [6.45, 7) is 6.84. The molecule has 0 bridgehead atoms. The Morgan fingerprint density at radius 2 is 1.74 bits per heavy atom. The van der Waals surface area contributed by atoms with E-state index in [1.807, 2.05) is 37.3 Å². The number of amides is 1. The zero-order valence-corrected chi connectivity index (χ0v) is 14.3. The molecule has 2 aromatic rings. The average Bonchev–Trinajstić information content (AvgIpc) is 2.59. The Hall–Kier alpha value is -2.29. The van der Waals surface area contributed by atoms with Gasteiger partial charge in [0.05, 0.1) is 13.0 Å². The second-order valence-corrected chi connectivity index (χ2v) is 6.21. The molecule has 0 aliphatic carbocycles. The van der Waals surface area contributed by atoms with Crippen molar-refractivity contribution in [2.75, 3.05) is 13.7 Å². The molecule has 2 aromatic carbocycles. The third-order valence-electron chi connectivity index (χ3n) is 3.89. The van der Waals surface area contributed by atoms with Crippen LogP contribution in [0.4, 0.5) is 0 Å². The van der Waals surface area contributed by atoms with Crippen LogP contribution in [0.3, 0.4) is 0 Å². The van der Waals surface area contributed by atoms with Gasteiger partial charge in [0, 0.05) is 6.54 Å². The molecule has 122 valence electrons. The van der Waals surface area contributed by atoms with Crippen molar-refractivity contribution >= 4 is 5.91 Å². The van der Waals surface area contributed by atoms with Crippen LogP contribution in [0.2, 0.25) is 0 Å². The Labute approximate surface area is 138 Å². The van der Waals surface area contributed by atoms with Crippen molar-refractivity contribution in [3.05, 3.63) is 54.1 Å². The van der Waals surface area contributed by atoms with E-state index in [4.69, 9.17) is 4.74 Å². The minimum Gasteiger partial charge on any atom is -0.497 e. The summed E-state index contributed by atoms with van der Waals surface area (Å²) >= 11 is 0. The summed E-state index contributed by atoms with van der Waals surface area (Å²) in [5.41, 5.74) is 3.24. The summed E-state index contributed by atoms with van der Waals surface area (Å²) in [4.78, 5) is 12.2. The maximum absolute atomic E-state index is 12.2. The van der Waals surface area contributed by atoms with Crippen molar-refractivity contribution in [2.45, 2.75) is 26.7 Å². The topological polar surface area (TPSA) is 38.3 Å². The summed E-state index contributed by atoms with van der Waals surface area (Å²) in [6.07, 6.45) is 0. The molecule has 0 saturated carbocycles. The molecule has 0 spiro atoms. The van der Waals surface area contributed by atoms with E-state index in [-0.39, 0.29) is 11.8 Å². The van der Waals surface area contributed by atoms with Crippen molar-refractivity contribution in [1.29, 1.82) is 0 Å². The largest absolute Gasteiger partial charge is 0.497 e. The van der Waals surface area contributed by atoms with Gasteiger partial charge in [-0.1, -0.05) is 50.2 Å². The Kier molecular flexibility index (Phi) is 5.80. The SMILES string of the molecule is COc1cccc(-c2ccc([C@H](C)C(=O)NCC(C)C)cc2)c1. The van der Waals surface area contributed by atoms with Crippen molar-refractivity contribution < 1.29 is 9.53 Å².